The predicted octanol–water partition coefficient (Wildman–Crippen LogP) is 6.40. The summed E-state index contributed by atoms with van der Waals surface area (Å²) in [6.45, 7) is 0. The van der Waals surface area contributed by atoms with Gasteiger partial charge in [-0.2, -0.15) is 0 Å². The Morgan fingerprint density at radius 2 is 1.45 bits per heavy atom. The van der Waals surface area contributed by atoms with Crippen molar-refractivity contribution in [2.75, 3.05) is 10.6 Å². The third-order valence-corrected chi connectivity index (χ3v) is 3.81. The first-order chi connectivity index (χ1) is 13.9. The number of para-hydroxylation sites is 1. The van der Waals surface area contributed by atoms with Crippen molar-refractivity contribution >= 4 is 29.6 Å². The number of hydrogen-bond donors (Lipinski definition) is 2. The van der Waals surface area contributed by atoms with Crippen molar-refractivity contribution in [3.63, 3.8) is 0 Å². The highest BCUT2D eigenvalue weighted by Gasteiger charge is 2.30. The van der Waals surface area contributed by atoms with E-state index < -0.39 is 12.4 Å². The Bertz CT molecular complexity index is 985. The summed E-state index contributed by atoms with van der Waals surface area (Å²) >= 11 is 0. The van der Waals surface area contributed by atoms with E-state index in [0.29, 0.717) is 11.4 Å². The summed E-state index contributed by atoms with van der Waals surface area (Å²) in [7, 11) is 0. The third-order valence-electron chi connectivity index (χ3n) is 3.81. The number of alkyl halides is 3. The number of carbonyl (C=O) groups excluding carboxylic acids is 1. The number of rotatable bonds is 5. The third kappa shape index (κ3) is 6.42. The lowest BCUT2D eigenvalue weighted by Crippen LogP contribution is -2.20. The number of carbonyl (C=O) groups is 1. The molecule has 3 aromatic carbocycles. The summed E-state index contributed by atoms with van der Waals surface area (Å²) in [6.07, 6.45) is -0.949. The summed E-state index contributed by atoms with van der Waals surface area (Å²) in [4.78, 5) is 12.3. The molecule has 0 radical (unpaired) electrons. The number of ether oxygens (including phenoxy) is 1. The first-order valence-electron chi connectivity index (χ1n) is 8.65. The lowest BCUT2D eigenvalue weighted by molar-refractivity contribution is -0.274. The van der Waals surface area contributed by atoms with Crippen LogP contribution in [0.4, 0.5) is 29.3 Å². The van der Waals surface area contributed by atoms with Crippen LogP contribution in [0.3, 0.4) is 0 Å². The minimum Gasteiger partial charge on any atom is -0.406 e. The SMILES string of the molecule is O=C(Nc1ccc(OC(F)(F)F)cc1)Nc1ccccc1C=Cc1ccccc1. The van der Waals surface area contributed by atoms with E-state index in [9.17, 15) is 18.0 Å². The molecule has 3 rings (SSSR count). The van der Waals surface area contributed by atoms with Gasteiger partial charge in [0.1, 0.15) is 5.75 Å². The highest BCUT2D eigenvalue weighted by molar-refractivity contribution is 6.01. The molecule has 0 unspecified atom stereocenters. The van der Waals surface area contributed by atoms with Crippen LogP contribution >= 0.6 is 0 Å². The van der Waals surface area contributed by atoms with Gasteiger partial charge in [-0.15, -0.1) is 13.2 Å². The van der Waals surface area contributed by atoms with E-state index >= 15 is 0 Å². The van der Waals surface area contributed by atoms with Gasteiger partial charge in [0, 0.05) is 11.4 Å². The van der Waals surface area contributed by atoms with Gasteiger partial charge in [0.25, 0.3) is 0 Å². The van der Waals surface area contributed by atoms with E-state index in [0.717, 1.165) is 23.3 Å². The number of amides is 2. The normalized spacial score (nSPS) is 11.3. The molecule has 2 amide bonds. The Balaban J connectivity index is 1.64. The van der Waals surface area contributed by atoms with E-state index in [2.05, 4.69) is 15.4 Å². The van der Waals surface area contributed by atoms with E-state index in [-0.39, 0.29) is 5.75 Å². The van der Waals surface area contributed by atoms with E-state index in [1.807, 2.05) is 54.6 Å². The molecule has 29 heavy (non-hydrogen) atoms. The number of halogens is 3. The first kappa shape index (κ1) is 20.0. The van der Waals surface area contributed by atoms with Gasteiger partial charge in [-0.1, -0.05) is 60.7 Å². The highest BCUT2D eigenvalue weighted by atomic mass is 19.4. The standard InChI is InChI=1S/C22H17F3N2O2/c23-22(24,25)29-19-14-12-18(13-15-19)26-21(28)27-20-9-5-4-8-17(20)11-10-16-6-2-1-3-7-16/h1-15H,(H2,26,27,28). The van der Waals surface area contributed by atoms with Gasteiger partial charge in [0.15, 0.2) is 0 Å². The van der Waals surface area contributed by atoms with Gasteiger partial charge >= 0.3 is 12.4 Å². The zero-order chi connectivity index (χ0) is 20.7. The Morgan fingerprint density at radius 3 is 2.14 bits per heavy atom. The van der Waals surface area contributed by atoms with Gasteiger partial charge in [0.2, 0.25) is 0 Å². The topological polar surface area (TPSA) is 50.4 Å². The molecule has 0 aliphatic heterocycles. The minimum absolute atomic E-state index is 0.328. The van der Waals surface area contributed by atoms with Crippen molar-refractivity contribution in [2.24, 2.45) is 0 Å². The molecule has 0 fully saturated rings. The van der Waals surface area contributed by atoms with Crippen molar-refractivity contribution in [1.29, 1.82) is 0 Å². The molecule has 7 heteroatoms. The summed E-state index contributed by atoms with van der Waals surface area (Å²) < 4.78 is 40.4. The number of anilines is 2. The zero-order valence-electron chi connectivity index (χ0n) is 15.1. The molecule has 0 atom stereocenters. The molecule has 0 aromatic heterocycles. The fourth-order valence-electron chi connectivity index (χ4n) is 2.53. The fraction of sp³-hybridized carbons (Fsp3) is 0.0455. The van der Waals surface area contributed by atoms with Crippen LogP contribution in [0.2, 0.25) is 0 Å². The number of urea groups is 1. The molecular weight excluding hydrogens is 381 g/mol. The van der Waals surface area contributed by atoms with E-state index in [1.54, 1.807) is 12.1 Å². The second-order valence-electron chi connectivity index (χ2n) is 5.98. The van der Waals surface area contributed by atoms with Crippen LogP contribution in [0.15, 0.2) is 78.9 Å². The second-order valence-corrected chi connectivity index (χ2v) is 5.98. The van der Waals surface area contributed by atoms with Crippen molar-refractivity contribution < 1.29 is 22.7 Å². The molecule has 0 bridgehead atoms. The number of benzene rings is 3. The van der Waals surface area contributed by atoms with Crippen molar-refractivity contribution in [1.82, 2.24) is 0 Å². The van der Waals surface area contributed by atoms with E-state index in [4.69, 9.17) is 0 Å². The summed E-state index contributed by atoms with van der Waals surface area (Å²) in [5.41, 5.74) is 2.75. The van der Waals surface area contributed by atoms with Crippen molar-refractivity contribution in [3.05, 3.63) is 90.0 Å². The quantitative estimate of drug-likeness (QED) is 0.489. The van der Waals surface area contributed by atoms with Gasteiger partial charge in [0.05, 0.1) is 0 Å². The molecule has 0 aliphatic rings. The van der Waals surface area contributed by atoms with Gasteiger partial charge < -0.3 is 15.4 Å². The smallest absolute Gasteiger partial charge is 0.406 e. The number of nitrogens with one attached hydrogen (secondary N) is 2. The zero-order valence-corrected chi connectivity index (χ0v) is 15.1. The van der Waals surface area contributed by atoms with Gasteiger partial charge in [-0.05, 0) is 41.5 Å². The predicted molar refractivity (Wildman–Crippen MR) is 108 cm³/mol. The van der Waals surface area contributed by atoms with Crippen LogP contribution < -0.4 is 15.4 Å². The fourth-order valence-corrected chi connectivity index (χ4v) is 2.53. The van der Waals surface area contributed by atoms with Gasteiger partial charge in [-0.25, -0.2) is 4.79 Å². The van der Waals surface area contributed by atoms with E-state index in [1.165, 1.54) is 12.1 Å². The molecule has 3 aromatic rings. The molecule has 148 valence electrons. The summed E-state index contributed by atoms with van der Waals surface area (Å²) in [6, 6.07) is 21.4. The molecule has 0 aliphatic carbocycles. The summed E-state index contributed by atoms with van der Waals surface area (Å²) in [5, 5.41) is 5.31. The van der Waals surface area contributed by atoms with Crippen molar-refractivity contribution in [3.8, 4) is 5.75 Å². The molecule has 4 nitrogen and oxygen atoms in total. The molecule has 0 heterocycles. The largest absolute Gasteiger partial charge is 0.573 e. The van der Waals surface area contributed by atoms with Crippen LogP contribution in [0.1, 0.15) is 11.1 Å². The monoisotopic (exact) mass is 398 g/mol. The Morgan fingerprint density at radius 1 is 0.793 bits per heavy atom. The molecule has 2 N–H and O–H groups in total. The molecule has 0 saturated heterocycles. The Hall–Kier alpha value is -3.74. The Kier molecular flexibility index (Phi) is 6.19. The van der Waals surface area contributed by atoms with Crippen LogP contribution in [0.25, 0.3) is 12.2 Å². The maximum absolute atomic E-state index is 12.3. The average Bonchev–Trinajstić information content (AvgIpc) is 2.68. The lowest BCUT2D eigenvalue weighted by atomic mass is 10.1. The average molecular weight is 398 g/mol. The number of hydrogen-bond acceptors (Lipinski definition) is 2. The molecule has 0 saturated carbocycles. The van der Waals surface area contributed by atoms with Crippen LogP contribution in [0, 0.1) is 0 Å². The van der Waals surface area contributed by atoms with Crippen LogP contribution in [-0.4, -0.2) is 12.4 Å². The van der Waals surface area contributed by atoms with Crippen LogP contribution in [0.5, 0.6) is 5.75 Å². The highest BCUT2D eigenvalue weighted by Crippen LogP contribution is 2.24. The van der Waals surface area contributed by atoms with Crippen LogP contribution in [-0.2, 0) is 0 Å². The molecular formula is C22H17F3N2O2. The first-order valence-corrected chi connectivity index (χ1v) is 8.65. The van der Waals surface area contributed by atoms with Crippen molar-refractivity contribution in [2.45, 2.75) is 6.36 Å². The maximum Gasteiger partial charge on any atom is 0.573 e. The lowest BCUT2D eigenvalue weighted by Gasteiger charge is -2.11. The minimum atomic E-state index is -4.76. The maximum atomic E-state index is 12.3. The second kappa shape index (κ2) is 8.97. The summed E-state index contributed by atoms with van der Waals surface area (Å²) in [5.74, 6) is -0.361. The molecule has 0 spiro atoms. The van der Waals surface area contributed by atoms with Gasteiger partial charge in [-0.3, -0.25) is 0 Å². The Labute approximate surface area is 165 Å².